The highest BCUT2D eigenvalue weighted by Crippen LogP contribution is 2.15. The average molecular weight is 371 g/mol. The molecule has 2 amide bonds. The standard InChI is InChI=1S/C19H15ClN2O2S/c20-15-8-6-13(7-9-15)12-21-18(23)14-3-1-4-16(11-14)22-19(24)17-5-2-10-25-17/h1-11H,12H2,(H,21,23)(H,22,24). The minimum absolute atomic E-state index is 0.186. The molecule has 0 saturated heterocycles. The monoisotopic (exact) mass is 370 g/mol. The lowest BCUT2D eigenvalue weighted by Crippen LogP contribution is -2.23. The van der Waals surface area contributed by atoms with Crippen molar-refractivity contribution in [2.24, 2.45) is 0 Å². The van der Waals surface area contributed by atoms with Gasteiger partial charge in [0.25, 0.3) is 11.8 Å². The highest BCUT2D eigenvalue weighted by Gasteiger charge is 2.10. The molecule has 3 aromatic rings. The van der Waals surface area contributed by atoms with Crippen LogP contribution in [-0.2, 0) is 6.54 Å². The second-order valence-electron chi connectivity index (χ2n) is 5.32. The summed E-state index contributed by atoms with van der Waals surface area (Å²) >= 11 is 7.21. The van der Waals surface area contributed by atoms with E-state index in [0.29, 0.717) is 27.7 Å². The molecule has 0 unspecified atom stereocenters. The van der Waals surface area contributed by atoms with E-state index < -0.39 is 0 Å². The molecule has 126 valence electrons. The first-order valence-electron chi connectivity index (χ1n) is 7.59. The van der Waals surface area contributed by atoms with Crippen LogP contribution in [0, 0.1) is 0 Å². The molecule has 0 saturated carbocycles. The summed E-state index contributed by atoms with van der Waals surface area (Å²) in [5.41, 5.74) is 2.02. The molecule has 0 aliphatic rings. The van der Waals surface area contributed by atoms with Crippen molar-refractivity contribution in [3.05, 3.63) is 87.1 Å². The fourth-order valence-electron chi connectivity index (χ4n) is 2.23. The van der Waals surface area contributed by atoms with E-state index in [4.69, 9.17) is 11.6 Å². The second-order valence-corrected chi connectivity index (χ2v) is 6.71. The molecule has 25 heavy (non-hydrogen) atoms. The number of carbonyl (C=O) groups is 2. The third-order valence-corrected chi connectivity index (χ3v) is 4.61. The van der Waals surface area contributed by atoms with Gasteiger partial charge in [0.15, 0.2) is 0 Å². The molecule has 1 heterocycles. The van der Waals surface area contributed by atoms with Crippen molar-refractivity contribution in [2.45, 2.75) is 6.54 Å². The molecule has 2 aromatic carbocycles. The predicted molar refractivity (Wildman–Crippen MR) is 101 cm³/mol. The van der Waals surface area contributed by atoms with Crippen LogP contribution in [0.25, 0.3) is 0 Å². The van der Waals surface area contributed by atoms with Crippen LogP contribution < -0.4 is 10.6 Å². The molecule has 6 heteroatoms. The molecule has 1 aromatic heterocycles. The van der Waals surface area contributed by atoms with Gasteiger partial charge in [0.1, 0.15) is 0 Å². The molecule has 0 aliphatic heterocycles. The summed E-state index contributed by atoms with van der Waals surface area (Å²) in [5, 5.41) is 8.15. The number of carbonyl (C=O) groups excluding carboxylic acids is 2. The molecular formula is C19H15ClN2O2S. The van der Waals surface area contributed by atoms with Gasteiger partial charge in [-0.1, -0.05) is 35.9 Å². The Morgan fingerprint density at radius 3 is 2.48 bits per heavy atom. The highest BCUT2D eigenvalue weighted by molar-refractivity contribution is 7.12. The summed E-state index contributed by atoms with van der Waals surface area (Å²) in [5.74, 6) is -0.393. The summed E-state index contributed by atoms with van der Waals surface area (Å²) in [6, 6.07) is 17.7. The first kappa shape index (κ1) is 17.2. The maximum atomic E-state index is 12.3. The van der Waals surface area contributed by atoms with Gasteiger partial charge in [-0.2, -0.15) is 0 Å². The van der Waals surface area contributed by atoms with Crippen molar-refractivity contribution in [1.82, 2.24) is 5.32 Å². The Morgan fingerprint density at radius 1 is 0.960 bits per heavy atom. The average Bonchev–Trinajstić information content (AvgIpc) is 3.16. The van der Waals surface area contributed by atoms with Crippen molar-refractivity contribution in [2.75, 3.05) is 5.32 Å². The van der Waals surface area contributed by atoms with Crippen LogP contribution in [0.3, 0.4) is 0 Å². The second kappa shape index (κ2) is 7.96. The van der Waals surface area contributed by atoms with Crippen LogP contribution in [-0.4, -0.2) is 11.8 Å². The minimum Gasteiger partial charge on any atom is -0.348 e. The smallest absolute Gasteiger partial charge is 0.265 e. The van der Waals surface area contributed by atoms with E-state index in [1.54, 1.807) is 42.5 Å². The fraction of sp³-hybridized carbons (Fsp3) is 0.0526. The Kier molecular flexibility index (Phi) is 5.48. The van der Waals surface area contributed by atoms with Gasteiger partial charge < -0.3 is 10.6 Å². The number of thiophene rings is 1. The zero-order valence-electron chi connectivity index (χ0n) is 13.2. The Morgan fingerprint density at radius 2 is 1.76 bits per heavy atom. The van der Waals surface area contributed by atoms with Gasteiger partial charge >= 0.3 is 0 Å². The summed E-state index contributed by atoms with van der Waals surface area (Å²) in [6.45, 7) is 0.405. The SMILES string of the molecule is O=C(NCc1ccc(Cl)cc1)c1cccc(NC(=O)c2cccs2)c1. The van der Waals surface area contributed by atoms with Gasteiger partial charge in [0, 0.05) is 22.8 Å². The molecule has 0 aliphatic carbocycles. The lowest BCUT2D eigenvalue weighted by atomic mass is 10.1. The van der Waals surface area contributed by atoms with Gasteiger partial charge in [0.05, 0.1) is 4.88 Å². The van der Waals surface area contributed by atoms with Gasteiger partial charge in [-0.15, -0.1) is 11.3 Å². The number of nitrogens with one attached hydrogen (secondary N) is 2. The molecule has 0 atom stereocenters. The number of halogens is 1. The fourth-order valence-corrected chi connectivity index (χ4v) is 2.97. The normalized spacial score (nSPS) is 10.3. The van der Waals surface area contributed by atoms with Gasteiger partial charge in [0.2, 0.25) is 0 Å². The number of benzene rings is 2. The summed E-state index contributed by atoms with van der Waals surface area (Å²) in [7, 11) is 0. The number of amides is 2. The van der Waals surface area contributed by atoms with E-state index in [9.17, 15) is 9.59 Å². The van der Waals surface area contributed by atoms with Gasteiger partial charge in [-0.3, -0.25) is 9.59 Å². The van der Waals surface area contributed by atoms with Crippen LogP contribution in [0.2, 0.25) is 5.02 Å². The van der Waals surface area contributed by atoms with E-state index in [0.717, 1.165) is 5.56 Å². The first-order valence-corrected chi connectivity index (χ1v) is 8.85. The molecular weight excluding hydrogens is 356 g/mol. The maximum absolute atomic E-state index is 12.3. The lowest BCUT2D eigenvalue weighted by molar-refractivity contribution is 0.0949. The highest BCUT2D eigenvalue weighted by atomic mass is 35.5. The first-order chi connectivity index (χ1) is 12.1. The van der Waals surface area contributed by atoms with Crippen molar-refractivity contribution >= 4 is 40.4 Å². The summed E-state index contributed by atoms with van der Waals surface area (Å²) in [6.07, 6.45) is 0. The van der Waals surface area contributed by atoms with Crippen molar-refractivity contribution in [3.8, 4) is 0 Å². The summed E-state index contributed by atoms with van der Waals surface area (Å²) in [4.78, 5) is 25.0. The number of hydrogen-bond acceptors (Lipinski definition) is 3. The predicted octanol–water partition coefficient (Wildman–Crippen LogP) is 4.58. The lowest BCUT2D eigenvalue weighted by Gasteiger charge is -2.08. The molecule has 0 radical (unpaired) electrons. The van der Waals surface area contributed by atoms with Crippen molar-refractivity contribution in [1.29, 1.82) is 0 Å². The van der Waals surface area contributed by atoms with Gasteiger partial charge in [-0.25, -0.2) is 0 Å². The van der Waals surface area contributed by atoms with E-state index in [2.05, 4.69) is 10.6 Å². The van der Waals surface area contributed by atoms with Gasteiger partial charge in [-0.05, 0) is 47.3 Å². The molecule has 0 spiro atoms. The molecule has 2 N–H and O–H groups in total. The van der Waals surface area contributed by atoms with E-state index in [-0.39, 0.29) is 11.8 Å². The topological polar surface area (TPSA) is 58.2 Å². The zero-order chi connectivity index (χ0) is 17.6. The van der Waals surface area contributed by atoms with Crippen molar-refractivity contribution in [3.63, 3.8) is 0 Å². The van der Waals surface area contributed by atoms with E-state index in [1.165, 1.54) is 11.3 Å². The zero-order valence-corrected chi connectivity index (χ0v) is 14.7. The van der Waals surface area contributed by atoms with Crippen LogP contribution in [0.15, 0.2) is 66.0 Å². The largest absolute Gasteiger partial charge is 0.348 e. The molecule has 0 bridgehead atoms. The van der Waals surface area contributed by atoms with Crippen LogP contribution in [0.5, 0.6) is 0 Å². The summed E-state index contributed by atoms with van der Waals surface area (Å²) < 4.78 is 0. The van der Waals surface area contributed by atoms with E-state index >= 15 is 0 Å². The Balaban J connectivity index is 1.63. The van der Waals surface area contributed by atoms with E-state index in [1.807, 2.05) is 23.6 Å². The number of anilines is 1. The Labute approximate surface area is 154 Å². The molecule has 4 nitrogen and oxygen atoms in total. The molecule has 0 fully saturated rings. The van der Waals surface area contributed by atoms with Crippen molar-refractivity contribution < 1.29 is 9.59 Å². The maximum Gasteiger partial charge on any atom is 0.265 e. The minimum atomic E-state index is -0.206. The van der Waals surface area contributed by atoms with Crippen LogP contribution >= 0.6 is 22.9 Å². The van der Waals surface area contributed by atoms with Crippen LogP contribution in [0.4, 0.5) is 5.69 Å². The molecule has 3 rings (SSSR count). The third-order valence-electron chi connectivity index (χ3n) is 3.49. The quantitative estimate of drug-likeness (QED) is 0.690. The Bertz CT molecular complexity index is 877. The van der Waals surface area contributed by atoms with Crippen LogP contribution in [0.1, 0.15) is 25.6 Å². The Hall–Kier alpha value is -2.63. The number of hydrogen-bond donors (Lipinski definition) is 2. The third kappa shape index (κ3) is 4.68. The number of rotatable bonds is 5.